The summed E-state index contributed by atoms with van der Waals surface area (Å²) in [5.41, 5.74) is 4.63. The van der Waals surface area contributed by atoms with Crippen LogP contribution in [-0.2, 0) is 27.1 Å². The first kappa shape index (κ1) is 36.5. The van der Waals surface area contributed by atoms with Crippen LogP contribution in [0.4, 0.5) is 4.79 Å². The molecular weight excluding hydrogens is 706 g/mol. The number of hydrogen-bond donors (Lipinski definition) is 0. The lowest BCUT2D eigenvalue weighted by molar-refractivity contribution is -0.138. The van der Waals surface area contributed by atoms with Gasteiger partial charge in [-0.3, -0.25) is 19.6 Å². The number of aromatic nitrogens is 1. The summed E-state index contributed by atoms with van der Waals surface area (Å²) in [6, 6.07) is 9.39. The maximum absolute atomic E-state index is 13.8. The Morgan fingerprint density at radius 3 is 2.41 bits per heavy atom. The molecule has 3 saturated heterocycles. The van der Waals surface area contributed by atoms with Crippen molar-refractivity contribution >= 4 is 39.5 Å². The number of rotatable bonds is 7. The molecule has 3 aliphatic heterocycles. The first-order chi connectivity index (χ1) is 23.5. The van der Waals surface area contributed by atoms with E-state index in [0.29, 0.717) is 38.1 Å². The van der Waals surface area contributed by atoms with Crippen molar-refractivity contribution in [1.82, 2.24) is 24.6 Å². The average molecular weight is 759 g/mol. The predicted molar refractivity (Wildman–Crippen MR) is 196 cm³/mol. The molecule has 268 valence electrons. The monoisotopic (exact) mass is 757 g/mol. The number of aryl methyl sites for hydroxylation is 2. The summed E-state index contributed by atoms with van der Waals surface area (Å²) in [4.78, 5) is 40.5. The zero-order chi connectivity index (χ0) is 34.7. The van der Waals surface area contributed by atoms with E-state index in [0.717, 1.165) is 87.2 Å². The molecule has 1 aliphatic carbocycles. The Labute approximate surface area is 305 Å². The number of fused-ring (bicyclic) bond motifs is 2. The summed E-state index contributed by atoms with van der Waals surface area (Å²) in [6.07, 6.45) is 8.84. The number of hydrogen-bond acceptors (Lipinski definition) is 7. The average Bonchev–Trinajstić information content (AvgIpc) is 3.23. The number of benzene rings is 1. The number of likely N-dealkylation sites (tertiary alicyclic amines) is 2. The summed E-state index contributed by atoms with van der Waals surface area (Å²) in [5.74, 6) is 0.540. The molecule has 1 aromatic heterocycles. The number of pyridine rings is 1. The van der Waals surface area contributed by atoms with Gasteiger partial charge in [0.15, 0.2) is 0 Å². The molecule has 4 heterocycles. The van der Waals surface area contributed by atoms with Crippen LogP contribution in [0.1, 0.15) is 87.7 Å². The van der Waals surface area contributed by atoms with Crippen molar-refractivity contribution in [2.75, 3.05) is 59.5 Å². The summed E-state index contributed by atoms with van der Waals surface area (Å²) < 4.78 is 12.1. The van der Waals surface area contributed by atoms with E-state index < -0.39 is 5.60 Å². The summed E-state index contributed by atoms with van der Waals surface area (Å²) >= 11 is 10.1. The van der Waals surface area contributed by atoms with E-state index in [1.165, 1.54) is 22.4 Å². The third kappa shape index (κ3) is 8.98. The molecule has 0 radical (unpaired) electrons. The van der Waals surface area contributed by atoms with Gasteiger partial charge in [0.1, 0.15) is 5.60 Å². The van der Waals surface area contributed by atoms with Gasteiger partial charge in [0.05, 0.1) is 11.7 Å². The third-order valence-electron chi connectivity index (χ3n) is 10.9. The van der Waals surface area contributed by atoms with Gasteiger partial charge in [-0.2, -0.15) is 0 Å². The molecule has 6 rings (SSSR count). The van der Waals surface area contributed by atoms with Crippen molar-refractivity contribution in [3.05, 3.63) is 62.3 Å². The van der Waals surface area contributed by atoms with Crippen LogP contribution in [0.3, 0.4) is 0 Å². The fourth-order valence-corrected chi connectivity index (χ4v) is 8.92. The number of carbonyl (C=O) groups is 2. The number of piperidine rings is 2. The van der Waals surface area contributed by atoms with Gasteiger partial charge < -0.3 is 19.3 Å². The Balaban J connectivity index is 1.06. The molecule has 2 atom stereocenters. The van der Waals surface area contributed by atoms with Crippen molar-refractivity contribution < 1.29 is 19.1 Å². The molecule has 0 bridgehead atoms. The van der Waals surface area contributed by atoms with Crippen molar-refractivity contribution in [2.45, 2.75) is 95.9 Å². The van der Waals surface area contributed by atoms with Crippen molar-refractivity contribution in [2.24, 2.45) is 5.92 Å². The number of nitrogens with zero attached hydrogens (tertiary/aromatic N) is 5. The molecule has 9 nitrogen and oxygen atoms in total. The van der Waals surface area contributed by atoms with E-state index in [1.54, 1.807) is 12.0 Å². The fraction of sp³-hybridized carbons (Fsp3) is 0.658. The number of amides is 2. The summed E-state index contributed by atoms with van der Waals surface area (Å²) in [5, 5.41) is 0.792. The highest BCUT2D eigenvalue weighted by molar-refractivity contribution is 9.10. The highest BCUT2D eigenvalue weighted by Crippen LogP contribution is 2.39. The van der Waals surface area contributed by atoms with Crippen LogP contribution in [0.2, 0.25) is 5.02 Å². The molecule has 2 aromatic rings. The zero-order valence-electron chi connectivity index (χ0n) is 29.6. The highest BCUT2D eigenvalue weighted by atomic mass is 79.9. The number of piperazine rings is 1. The van der Waals surface area contributed by atoms with Gasteiger partial charge in [0.25, 0.3) is 0 Å². The molecule has 0 spiro atoms. The minimum absolute atomic E-state index is 0.124. The van der Waals surface area contributed by atoms with Crippen LogP contribution in [0.5, 0.6) is 0 Å². The Hall–Kier alpha value is -2.24. The van der Waals surface area contributed by atoms with Gasteiger partial charge in [-0.1, -0.05) is 17.7 Å². The van der Waals surface area contributed by atoms with Gasteiger partial charge >= 0.3 is 6.09 Å². The minimum atomic E-state index is -0.502. The summed E-state index contributed by atoms with van der Waals surface area (Å²) in [6.45, 7) is 12.2. The molecule has 0 saturated carbocycles. The quantitative estimate of drug-likeness (QED) is 0.310. The largest absolute Gasteiger partial charge is 0.444 e. The molecule has 2 unspecified atom stereocenters. The maximum atomic E-state index is 13.8. The molecule has 1 aromatic carbocycles. The first-order valence-corrected chi connectivity index (χ1v) is 19.3. The van der Waals surface area contributed by atoms with Gasteiger partial charge in [-0.25, -0.2) is 4.79 Å². The second kappa shape index (κ2) is 16.0. The lowest BCUT2D eigenvalue weighted by atomic mass is 9.92. The Morgan fingerprint density at radius 2 is 1.69 bits per heavy atom. The normalized spacial score (nSPS) is 23.1. The molecule has 0 N–H and O–H groups in total. The lowest BCUT2D eigenvalue weighted by Crippen LogP contribution is -2.59. The Morgan fingerprint density at radius 1 is 0.959 bits per heavy atom. The Kier molecular flexibility index (Phi) is 11.9. The van der Waals surface area contributed by atoms with E-state index in [4.69, 9.17) is 26.1 Å². The van der Waals surface area contributed by atoms with Crippen LogP contribution in [0.15, 0.2) is 34.9 Å². The van der Waals surface area contributed by atoms with Crippen LogP contribution < -0.4 is 0 Å². The van der Waals surface area contributed by atoms with E-state index in [2.05, 4.69) is 48.8 Å². The molecule has 2 amide bonds. The molecular formula is C38H53BrClN5O4. The Bertz CT molecular complexity index is 1420. The minimum Gasteiger partial charge on any atom is -0.444 e. The number of ether oxygens (including phenoxy) is 2. The molecule has 11 heteroatoms. The molecule has 4 aliphatic rings. The standard InChI is InChI=1S/C38H53BrClN5O4/c1-38(2,3)49-37(47)43-14-9-26(10-15-43)21-34(46)45-19-18-44(25-32(45)13-20-48-4)31-11-16-42(17-12-31)36-33-8-7-30(40)23-27(33)5-6-28-22-29(39)24-41-35(28)36/h7-8,22-24,26,31-32,36H,5-6,9-21,25H2,1-4H3. The van der Waals surface area contributed by atoms with Crippen molar-refractivity contribution in [3.8, 4) is 0 Å². The van der Waals surface area contributed by atoms with E-state index in [9.17, 15) is 9.59 Å². The van der Waals surface area contributed by atoms with Crippen LogP contribution in [0, 0.1) is 5.92 Å². The second-order valence-electron chi connectivity index (χ2n) is 15.3. The zero-order valence-corrected chi connectivity index (χ0v) is 32.0. The van der Waals surface area contributed by atoms with E-state index in [-0.39, 0.29) is 24.1 Å². The lowest BCUT2D eigenvalue weighted by Gasteiger charge is -2.47. The van der Waals surface area contributed by atoms with Gasteiger partial charge in [0, 0.05) is 93.7 Å². The predicted octanol–water partition coefficient (Wildman–Crippen LogP) is 6.74. The van der Waals surface area contributed by atoms with Crippen LogP contribution in [0.25, 0.3) is 0 Å². The number of methoxy groups -OCH3 is 1. The van der Waals surface area contributed by atoms with Gasteiger partial charge in [0.2, 0.25) is 5.91 Å². The van der Waals surface area contributed by atoms with E-state index >= 15 is 0 Å². The van der Waals surface area contributed by atoms with Crippen LogP contribution >= 0.6 is 27.5 Å². The smallest absolute Gasteiger partial charge is 0.410 e. The number of halogens is 2. The van der Waals surface area contributed by atoms with Gasteiger partial charge in [-0.05, 0) is 122 Å². The second-order valence-corrected chi connectivity index (χ2v) is 16.7. The topological polar surface area (TPSA) is 78.5 Å². The maximum Gasteiger partial charge on any atom is 0.410 e. The van der Waals surface area contributed by atoms with Gasteiger partial charge in [-0.15, -0.1) is 0 Å². The van der Waals surface area contributed by atoms with E-state index in [1.807, 2.05) is 33.0 Å². The first-order valence-electron chi connectivity index (χ1n) is 18.2. The third-order valence-corrected chi connectivity index (χ3v) is 11.6. The van der Waals surface area contributed by atoms with Crippen molar-refractivity contribution in [1.29, 1.82) is 0 Å². The highest BCUT2D eigenvalue weighted by Gasteiger charge is 2.38. The number of carbonyl (C=O) groups excluding carboxylic acids is 2. The van der Waals surface area contributed by atoms with Crippen LogP contribution in [-0.4, -0.2) is 114 Å². The SMILES string of the molecule is COCCC1CN(C2CCN(C3c4ccc(Cl)cc4CCc4cc(Br)cnc43)CC2)CCN1C(=O)CC1CCN(C(=O)OC(C)(C)C)CC1. The fourth-order valence-electron chi connectivity index (χ4n) is 8.34. The van der Waals surface area contributed by atoms with Crippen molar-refractivity contribution in [3.63, 3.8) is 0 Å². The molecule has 3 fully saturated rings. The molecule has 49 heavy (non-hydrogen) atoms. The summed E-state index contributed by atoms with van der Waals surface area (Å²) in [7, 11) is 1.74.